The van der Waals surface area contributed by atoms with Gasteiger partial charge in [0.15, 0.2) is 0 Å². The second-order valence-corrected chi connectivity index (χ2v) is 5.27. The van der Waals surface area contributed by atoms with Crippen LogP contribution in [-0.2, 0) is 6.61 Å². The van der Waals surface area contributed by atoms with Crippen LogP contribution in [0.1, 0.15) is 36.1 Å². The summed E-state index contributed by atoms with van der Waals surface area (Å²) in [6, 6.07) is 10.2. The van der Waals surface area contributed by atoms with Crippen molar-refractivity contribution in [1.29, 1.82) is 0 Å². The van der Waals surface area contributed by atoms with Crippen LogP contribution in [0.3, 0.4) is 0 Å². The molecular formula is C14H17NOS. The molecule has 1 heterocycles. The van der Waals surface area contributed by atoms with E-state index in [1.54, 1.807) is 11.3 Å². The van der Waals surface area contributed by atoms with E-state index in [4.69, 9.17) is 0 Å². The quantitative estimate of drug-likeness (QED) is 0.891. The van der Waals surface area contributed by atoms with Crippen LogP contribution in [-0.4, -0.2) is 10.1 Å². The van der Waals surface area contributed by atoms with Gasteiger partial charge in [-0.05, 0) is 12.3 Å². The molecule has 0 saturated heterocycles. The highest BCUT2D eigenvalue weighted by Crippen LogP contribution is 2.35. The molecule has 3 heteroatoms. The van der Waals surface area contributed by atoms with Gasteiger partial charge in [0.05, 0.1) is 12.3 Å². The molecule has 90 valence electrons. The Morgan fingerprint density at radius 1 is 1.29 bits per heavy atom. The fourth-order valence-corrected chi connectivity index (χ4v) is 2.85. The Kier molecular flexibility index (Phi) is 3.92. The SMILES string of the molecule is CCC(C)c1sc(CO)nc1-c1ccccc1. The molecule has 17 heavy (non-hydrogen) atoms. The van der Waals surface area contributed by atoms with Gasteiger partial charge in [-0.15, -0.1) is 11.3 Å². The molecule has 0 spiro atoms. The first-order valence-corrected chi connectivity index (χ1v) is 6.73. The molecule has 0 saturated carbocycles. The predicted molar refractivity (Wildman–Crippen MR) is 72.2 cm³/mol. The highest BCUT2D eigenvalue weighted by atomic mass is 32.1. The highest BCUT2D eigenvalue weighted by molar-refractivity contribution is 7.12. The molecule has 1 aromatic carbocycles. The topological polar surface area (TPSA) is 33.1 Å². The number of aliphatic hydroxyl groups excluding tert-OH is 1. The van der Waals surface area contributed by atoms with Gasteiger partial charge in [0.1, 0.15) is 5.01 Å². The van der Waals surface area contributed by atoms with Gasteiger partial charge in [-0.3, -0.25) is 0 Å². The fraction of sp³-hybridized carbons (Fsp3) is 0.357. The van der Waals surface area contributed by atoms with E-state index in [0.717, 1.165) is 22.7 Å². The molecule has 0 aliphatic carbocycles. The zero-order valence-corrected chi connectivity index (χ0v) is 11.0. The van der Waals surface area contributed by atoms with Gasteiger partial charge in [0, 0.05) is 10.4 Å². The minimum Gasteiger partial charge on any atom is -0.389 e. The monoisotopic (exact) mass is 247 g/mol. The van der Waals surface area contributed by atoms with Crippen molar-refractivity contribution in [3.05, 3.63) is 40.2 Å². The van der Waals surface area contributed by atoms with Crippen LogP contribution in [0.5, 0.6) is 0 Å². The number of aromatic nitrogens is 1. The summed E-state index contributed by atoms with van der Waals surface area (Å²) < 4.78 is 0. The van der Waals surface area contributed by atoms with Crippen LogP contribution in [0.4, 0.5) is 0 Å². The normalized spacial score (nSPS) is 12.6. The van der Waals surface area contributed by atoms with Crippen molar-refractivity contribution in [3.63, 3.8) is 0 Å². The summed E-state index contributed by atoms with van der Waals surface area (Å²) in [6.07, 6.45) is 1.09. The molecule has 0 fully saturated rings. The minimum absolute atomic E-state index is 0.0287. The maximum absolute atomic E-state index is 9.22. The summed E-state index contributed by atoms with van der Waals surface area (Å²) in [6.45, 7) is 4.42. The number of rotatable bonds is 4. The number of benzene rings is 1. The first-order chi connectivity index (χ1) is 8.26. The molecule has 1 N–H and O–H groups in total. The Hall–Kier alpha value is -1.19. The fourth-order valence-electron chi connectivity index (χ4n) is 1.77. The molecule has 1 aromatic heterocycles. The van der Waals surface area contributed by atoms with Gasteiger partial charge >= 0.3 is 0 Å². The second kappa shape index (κ2) is 5.43. The van der Waals surface area contributed by atoms with Crippen molar-refractivity contribution in [1.82, 2.24) is 4.98 Å². The summed E-state index contributed by atoms with van der Waals surface area (Å²) in [5.74, 6) is 0.489. The third-order valence-corrected chi connectivity index (χ3v) is 4.21. The highest BCUT2D eigenvalue weighted by Gasteiger charge is 2.16. The van der Waals surface area contributed by atoms with Crippen LogP contribution in [0.15, 0.2) is 30.3 Å². The van der Waals surface area contributed by atoms with Crippen molar-refractivity contribution >= 4 is 11.3 Å². The van der Waals surface area contributed by atoms with Crippen LogP contribution in [0.2, 0.25) is 0 Å². The molecular weight excluding hydrogens is 230 g/mol. The standard InChI is InChI=1S/C14H17NOS/c1-3-10(2)14-13(15-12(9-16)17-14)11-7-5-4-6-8-11/h4-8,10,16H,3,9H2,1-2H3. The molecule has 2 aromatic rings. The van der Waals surface area contributed by atoms with Gasteiger partial charge in [0.2, 0.25) is 0 Å². The lowest BCUT2D eigenvalue weighted by molar-refractivity contribution is 0.281. The molecule has 0 bridgehead atoms. The van der Waals surface area contributed by atoms with Gasteiger partial charge in [0.25, 0.3) is 0 Å². The first kappa shape index (κ1) is 12.3. The minimum atomic E-state index is 0.0287. The van der Waals surface area contributed by atoms with Crippen molar-refractivity contribution < 1.29 is 5.11 Å². The number of hydrogen-bond donors (Lipinski definition) is 1. The lowest BCUT2D eigenvalue weighted by Gasteiger charge is -2.08. The molecule has 2 rings (SSSR count). The van der Waals surface area contributed by atoms with Crippen LogP contribution in [0, 0.1) is 0 Å². The van der Waals surface area contributed by atoms with E-state index in [1.807, 2.05) is 18.2 Å². The summed E-state index contributed by atoms with van der Waals surface area (Å²) in [5, 5.41) is 10.0. The lowest BCUT2D eigenvalue weighted by Crippen LogP contribution is -1.91. The Bertz CT molecular complexity index is 478. The van der Waals surface area contributed by atoms with Crippen LogP contribution < -0.4 is 0 Å². The number of aliphatic hydroxyl groups is 1. The van der Waals surface area contributed by atoms with Crippen molar-refractivity contribution in [2.75, 3.05) is 0 Å². The molecule has 1 unspecified atom stereocenters. The molecule has 1 atom stereocenters. The summed E-state index contributed by atoms with van der Waals surface area (Å²) in [4.78, 5) is 5.82. The van der Waals surface area contributed by atoms with Gasteiger partial charge in [-0.2, -0.15) is 0 Å². The number of nitrogens with zero attached hydrogens (tertiary/aromatic N) is 1. The van der Waals surface area contributed by atoms with Gasteiger partial charge < -0.3 is 5.11 Å². The first-order valence-electron chi connectivity index (χ1n) is 5.92. The average Bonchev–Trinajstić information content (AvgIpc) is 2.83. The summed E-state index contributed by atoms with van der Waals surface area (Å²) in [5.41, 5.74) is 2.17. The Morgan fingerprint density at radius 2 is 2.00 bits per heavy atom. The Labute approximate surface area is 106 Å². The zero-order valence-electron chi connectivity index (χ0n) is 10.2. The van der Waals surface area contributed by atoms with Crippen molar-refractivity contribution in [2.45, 2.75) is 32.8 Å². The molecule has 0 aliphatic heterocycles. The van der Waals surface area contributed by atoms with Crippen LogP contribution >= 0.6 is 11.3 Å². The number of hydrogen-bond acceptors (Lipinski definition) is 3. The molecule has 0 aliphatic rings. The van der Waals surface area contributed by atoms with Crippen LogP contribution in [0.25, 0.3) is 11.3 Å². The summed E-state index contributed by atoms with van der Waals surface area (Å²) in [7, 11) is 0. The maximum Gasteiger partial charge on any atom is 0.119 e. The maximum atomic E-state index is 9.22. The predicted octanol–water partition coefficient (Wildman–Crippen LogP) is 3.82. The van der Waals surface area contributed by atoms with E-state index >= 15 is 0 Å². The average molecular weight is 247 g/mol. The zero-order chi connectivity index (χ0) is 12.3. The Morgan fingerprint density at radius 3 is 2.59 bits per heavy atom. The summed E-state index contributed by atoms with van der Waals surface area (Å²) >= 11 is 1.63. The van der Waals surface area contributed by atoms with E-state index in [0.29, 0.717) is 5.92 Å². The van der Waals surface area contributed by atoms with E-state index in [2.05, 4.69) is 31.0 Å². The third kappa shape index (κ3) is 2.56. The molecule has 2 nitrogen and oxygen atoms in total. The van der Waals surface area contributed by atoms with Gasteiger partial charge in [-0.25, -0.2) is 4.98 Å². The molecule has 0 amide bonds. The number of thiazole rings is 1. The van der Waals surface area contributed by atoms with E-state index in [-0.39, 0.29) is 6.61 Å². The van der Waals surface area contributed by atoms with E-state index in [1.165, 1.54) is 4.88 Å². The van der Waals surface area contributed by atoms with Crippen molar-refractivity contribution in [2.24, 2.45) is 0 Å². The van der Waals surface area contributed by atoms with Gasteiger partial charge in [-0.1, -0.05) is 44.2 Å². The largest absolute Gasteiger partial charge is 0.389 e. The smallest absolute Gasteiger partial charge is 0.119 e. The third-order valence-electron chi connectivity index (χ3n) is 2.94. The van der Waals surface area contributed by atoms with E-state index < -0.39 is 0 Å². The molecule has 0 radical (unpaired) electrons. The second-order valence-electron chi connectivity index (χ2n) is 4.15. The Balaban J connectivity index is 2.48. The van der Waals surface area contributed by atoms with Crippen molar-refractivity contribution in [3.8, 4) is 11.3 Å². The lowest BCUT2D eigenvalue weighted by atomic mass is 10.0. The van der Waals surface area contributed by atoms with E-state index in [9.17, 15) is 5.11 Å².